The van der Waals surface area contributed by atoms with Gasteiger partial charge in [0.15, 0.2) is 12.4 Å². The van der Waals surface area contributed by atoms with Crippen molar-refractivity contribution in [3.63, 3.8) is 0 Å². The standard InChI is InChI=1S/C24H20ClN3O7/c1-26-18-9-7-14(11-20(18)28(32)33)23(30)16-5-3-4-6-17(16)24(31)35-13-22(29)27-19-12-15(25)8-10-21(19)34-2/h3-12,26H,13H2,1-2H3,(H,27,29). The number of hydrogen-bond acceptors (Lipinski definition) is 8. The van der Waals surface area contributed by atoms with Crippen LogP contribution in [0.5, 0.6) is 5.75 Å². The lowest BCUT2D eigenvalue weighted by Gasteiger charge is -2.12. The molecule has 0 fully saturated rings. The molecule has 180 valence electrons. The summed E-state index contributed by atoms with van der Waals surface area (Å²) < 4.78 is 10.2. The lowest BCUT2D eigenvalue weighted by atomic mass is 9.97. The fourth-order valence-electron chi connectivity index (χ4n) is 3.22. The number of nitro benzene ring substituents is 1. The Morgan fingerprint density at radius 3 is 2.37 bits per heavy atom. The van der Waals surface area contributed by atoms with Crippen molar-refractivity contribution < 1.29 is 28.8 Å². The van der Waals surface area contributed by atoms with E-state index in [1.165, 1.54) is 50.6 Å². The summed E-state index contributed by atoms with van der Waals surface area (Å²) in [5.41, 5.74) is 0.144. The van der Waals surface area contributed by atoms with Gasteiger partial charge in [-0.05, 0) is 36.4 Å². The molecule has 35 heavy (non-hydrogen) atoms. The largest absolute Gasteiger partial charge is 0.495 e. The molecule has 2 N–H and O–H groups in total. The number of halogens is 1. The van der Waals surface area contributed by atoms with E-state index >= 15 is 0 Å². The average Bonchev–Trinajstić information content (AvgIpc) is 2.86. The third-order valence-electron chi connectivity index (χ3n) is 4.89. The third kappa shape index (κ3) is 5.92. The van der Waals surface area contributed by atoms with Gasteiger partial charge < -0.3 is 20.1 Å². The molecule has 0 aliphatic rings. The minimum Gasteiger partial charge on any atom is -0.495 e. The smallest absolute Gasteiger partial charge is 0.339 e. The minimum absolute atomic E-state index is 0.0155. The molecule has 0 atom stereocenters. The summed E-state index contributed by atoms with van der Waals surface area (Å²) in [4.78, 5) is 48.8. The van der Waals surface area contributed by atoms with Gasteiger partial charge in [0.2, 0.25) is 0 Å². The molecule has 0 saturated heterocycles. The molecule has 1 amide bonds. The molecule has 10 nitrogen and oxygen atoms in total. The second-order valence-corrected chi connectivity index (χ2v) is 7.52. The van der Waals surface area contributed by atoms with Crippen LogP contribution in [0.25, 0.3) is 0 Å². The average molecular weight is 498 g/mol. The van der Waals surface area contributed by atoms with Crippen LogP contribution in [0.2, 0.25) is 5.02 Å². The first kappa shape index (κ1) is 25.2. The number of nitro groups is 1. The highest BCUT2D eigenvalue weighted by Gasteiger charge is 2.23. The Hall–Kier alpha value is -4.44. The topological polar surface area (TPSA) is 137 Å². The number of ketones is 1. The van der Waals surface area contributed by atoms with Crippen LogP contribution < -0.4 is 15.4 Å². The number of nitrogens with zero attached hydrogens (tertiary/aromatic N) is 1. The maximum atomic E-state index is 13.1. The summed E-state index contributed by atoms with van der Waals surface area (Å²) in [6.07, 6.45) is 0. The summed E-state index contributed by atoms with van der Waals surface area (Å²) in [5.74, 6) is -1.82. The third-order valence-corrected chi connectivity index (χ3v) is 5.12. The molecule has 0 saturated carbocycles. The zero-order chi connectivity index (χ0) is 25.5. The van der Waals surface area contributed by atoms with Crippen LogP contribution in [0.1, 0.15) is 26.3 Å². The quantitative estimate of drug-likeness (QED) is 0.193. The number of rotatable bonds is 9. The Morgan fingerprint density at radius 2 is 1.71 bits per heavy atom. The maximum Gasteiger partial charge on any atom is 0.339 e. The number of ether oxygens (including phenoxy) is 2. The first-order valence-electron chi connectivity index (χ1n) is 10.2. The predicted octanol–water partition coefficient (Wildman–Crippen LogP) is 4.33. The molecule has 3 rings (SSSR count). The van der Waals surface area contributed by atoms with Crippen LogP contribution in [0.4, 0.5) is 17.1 Å². The highest BCUT2D eigenvalue weighted by molar-refractivity contribution is 6.31. The summed E-state index contributed by atoms with van der Waals surface area (Å²) in [6.45, 7) is -0.640. The number of benzene rings is 3. The number of hydrogen-bond donors (Lipinski definition) is 2. The number of methoxy groups -OCH3 is 1. The molecular formula is C24H20ClN3O7. The molecule has 3 aromatic rings. The van der Waals surface area contributed by atoms with Crippen molar-refractivity contribution in [1.82, 2.24) is 0 Å². The Labute approximate surface area is 205 Å². The summed E-state index contributed by atoms with van der Waals surface area (Å²) in [5, 5.41) is 16.9. The van der Waals surface area contributed by atoms with E-state index in [-0.39, 0.29) is 28.1 Å². The molecule has 0 bridgehead atoms. The second-order valence-electron chi connectivity index (χ2n) is 7.08. The van der Waals surface area contributed by atoms with Crippen LogP contribution in [0, 0.1) is 10.1 Å². The molecule has 0 unspecified atom stereocenters. The van der Waals surface area contributed by atoms with Crippen LogP contribution >= 0.6 is 11.6 Å². The van der Waals surface area contributed by atoms with E-state index in [0.29, 0.717) is 16.5 Å². The number of nitrogens with one attached hydrogen (secondary N) is 2. The second kappa shape index (κ2) is 11.1. The van der Waals surface area contributed by atoms with E-state index in [4.69, 9.17) is 21.1 Å². The molecule has 0 radical (unpaired) electrons. The van der Waals surface area contributed by atoms with Gasteiger partial charge in [-0.2, -0.15) is 0 Å². The van der Waals surface area contributed by atoms with Gasteiger partial charge in [0.25, 0.3) is 11.6 Å². The fraction of sp³-hybridized carbons (Fsp3) is 0.125. The van der Waals surface area contributed by atoms with E-state index in [2.05, 4.69) is 10.6 Å². The van der Waals surface area contributed by atoms with E-state index in [1.807, 2.05) is 0 Å². The lowest BCUT2D eigenvalue weighted by molar-refractivity contribution is -0.384. The highest BCUT2D eigenvalue weighted by Crippen LogP contribution is 2.28. The Kier molecular flexibility index (Phi) is 8.00. The molecular weight excluding hydrogens is 478 g/mol. The predicted molar refractivity (Wildman–Crippen MR) is 129 cm³/mol. The van der Waals surface area contributed by atoms with E-state index < -0.39 is 29.2 Å². The minimum atomic E-state index is -0.913. The van der Waals surface area contributed by atoms with Gasteiger partial charge in [-0.1, -0.05) is 29.8 Å². The first-order chi connectivity index (χ1) is 16.7. The number of esters is 1. The van der Waals surface area contributed by atoms with Crippen LogP contribution in [-0.4, -0.2) is 43.3 Å². The molecule has 0 heterocycles. The van der Waals surface area contributed by atoms with Crippen LogP contribution in [-0.2, 0) is 9.53 Å². The Bertz CT molecular complexity index is 1310. The van der Waals surface area contributed by atoms with Crippen molar-refractivity contribution in [1.29, 1.82) is 0 Å². The van der Waals surface area contributed by atoms with Crippen LogP contribution in [0.15, 0.2) is 60.7 Å². The normalized spacial score (nSPS) is 10.3. The molecule has 3 aromatic carbocycles. The van der Waals surface area contributed by atoms with E-state index in [1.54, 1.807) is 18.2 Å². The number of carbonyl (C=O) groups excluding carboxylic acids is 3. The van der Waals surface area contributed by atoms with Gasteiger partial charge in [-0.15, -0.1) is 0 Å². The maximum absolute atomic E-state index is 13.1. The summed E-state index contributed by atoms with van der Waals surface area (Å²) in [7, 11) is 2.95. The van der Waals surface area contributed by atoms with Crippen molar-refractivity contribution in [2.75, 3.05) is 31.4 Å². The Morgan fingerprint density at radius 1 is 1.00 bits per heavy atom. The molecule has 0 aliphatic carbocycles. The first-order valence-corrected chi connectivity index (χ1v) is 10.5. The zero-order valence-electron chi connectivity index (χ0n) is 18.7. The summed E-state index contributed by atoms with van der Waals surface area (Å²) in [6, 6.07) is 14.4. The summed E-state index contributed by atoms with van der Waals surface area (Å²) >= 11 is 5.94. The highest BCUT2D eigenvalue weighted by atomic mass is 35.5. The monoisotopic (exact) mass is 497 g/mol. The Balaban J connectivity index is 1.77. The van der Waals surface area contributed by atoms with E-state index in [9.17, 15) is 24.5 Å². The lowest BCUT2D eigenvalue weighted by Crippen LogP contribution is -2.22. The number of amides is 1. The van der Waals surface area contributed by atoms with Crippen LogP contribution in [0.3, 0.4) is 0 Å². The van der Waals surface area contributed by atoms with Gasteiger partial charge >= 0.3 is 5.97 Å². The number of anilines is 2. The zero-order valence-corrected chi connectivity index (χ0v) is 19.4. The van der Waals surface area contributed by atoms with Crippen molar-refractivity contribution in [3.05, 3.63) is 92.5 Å². The van der Waals surface area contributed by atoms with Crippen molar-refractivity contribution in [3.8, 4) is 5.75 Å². The fourth-order valence-corrected chi connectivity index (χ4v) is 3.40. The van der Waals surface area contributed by atoms with Gasteiger partial charge in [0.1, 0.15) is 11.4 Å². The van der Waals surface area contributed by atoms with Crippen molar-refractivity contribution in [2.24, 2.45) is 0 Å². The molecule has 0 spiro atoms. The van der Waals surface area contributed by atoms with Gasteiger partial charge in [-0.25, -0.2) is 4.79 Å². The molecule has 0 aromatic heterocycles. The molecule has 11 heteroatoms. The van der Waals surface area contributed by atoms with Crippen molar-refractivity contribution >= 4 is 46.3 Å². The van der Waals surface area contributed by atoms with E-state index in [0.717, 1.165) is 6.07 Å². The van der Waals surface area contributed by atoms with Crippen molar-refractivity contribution in [2.45, 2.75) is 0 Å². The molecule has 0 aliphatic heterocycles. The van der Waals surface area contributed by atoms with Gasteiger partial charge in [0.05, 0.1) is 23.3 Å². The SMILES string of the molecule is CNc1ccc(C(=O)c2ccccc2C(=O)OCC(=O)Nc2cc(Cl)ccc2OC)cc1[N+](=O)[O-]. The van der Waals surface area contributed by atoms with Gasteiger partial charge in [0, 0.05) is 29.3 Å². The van der Waals surface area contributed by atoms with Gasteiger partial charge in [-0.3, -0.25) is 19.7 Å². The number of carbonyl (C=O) groups is 3.